The number of benzene rings is 1. The summed E-state index contributed by atoms with van der Waals surface area (Å²) in [4.78, 5) is 22.4. The van der Waals surface area contributed by atoms with Crippen molar-refractivity contribution < 1.29 is 13.6 Å². The normalized spacial score (nSPS) is 16.5. The van der Waals surface area contributed by atoms with Crippen LogP contribution in [0.3, 0.4) is 0 Å². The minimum atomic E-state index is -0.454. The molecule has 1 amide bonds. The van der Waals surface area contributed by atoms with Gasteiger partial charge in [-0.2, -0.15) is 0 Å². The van der Waals surface area contributed by atoms with Crippen molar-refractivity contribution in [3.05, 3.63) is 59.8 Å². The molecule has 9 heteroatoms. The molecule has 30 heavy (non-hydrogen) atoms. The zero-order valence-corrected chi connectivity index (χ0v) is 16.1. The maximum Gasteiger partial charge on any atom is 0.222 e. The standard InChI is InChI=1S/C21H18F2N6O/c1-12(30)24-18-7-5-14-20(25-18)27-29-10-8-19(26-21(14)29)28-9-2-3-17(28)15-11-13(22)4-6-16(15)23/h4-8,10-11,17H,2-3,9H2,1H3,(H,24,25,27,30)/t17-/m1/s1. The average Bonchev–Trinajstić information content (AvgIpc) is 3.33. The third-order valence-electron chi connectivity index (χ3n) is 5.29. The molecule has 0 aliphatic carbocycles. The highest BCUT2D eigenvalue weighted by Gasteiger charge is 2.30. The van der Waals surface area contributed by atoms with Gasteiger partial charge in [-0.25, -0.2) is 23.3 Å². The Hall–Kier alpha value is -3.62. The Morgan fingerprint density at radius 1 is 1.17 bits per heavy atom. The van der Waals surface area contributed by atoms with Gasteiger partial charge in [-0.1, -0.05) is 0 Å². The highest BCUT2D eigenvalue weighted by Crippen LogP contribution is 2.37. The maximum absolute atomic E-state index is 14.4. The summed E-state index contributed by atoms with van der Waals surface area (Å²) in [7, 11) is 0. The van der Waals surface area contributed by atoms with Gasteiger partial charge in [0.05, 0.1) is 11.4 Å². The number of nitrogens with zero attached hydrogens (tertiary/aromatic N) is 5. The van der Waals surface area contributed by atoms with Crippen molar-refractivity contribution in [3.63, 3.8) is 0 Å². The van der Waals surface area contributed by atoms with E-state index in [1.165, 1.54) is 19.1 Å². The number of rotatable bonds is 3. The first-order valence-corrected chi connectivity index (χ1v) is 9.65. The van der Waals surface area contributed by atoms with E-state index in [1.54, 1.807) is 22.8 Å². The quantitative estimate of drug-likeness (QED) is 0.557. The summed E-state index contributed by atoms with van der Waals surface area (Å²) >= 11 is 0. The summed E-state index contributed by atoms with van der Waals surface area (Å²) in [5.41, 5.74) is 1.41. The lowest BCUT2D eigenvalue weighted by Gasteiger charge is -2.26. The van der Waals surface area contributed by atoms with Crippen LogP contribution < -0.4 is 10.2 Å². The molecule has 152 valence electrons. The summed E-state index contributed by atoms with van der Waals surface area (Å²) < 4.78 is 29.7. The van der Waals surface area contributed by atoms with Crippen molar-refractivity contribution >= 4 is 34.2 Å². The van der Waals surface area contributed by atoms with Gasteiger partial charge in [0.1, 0.15) is 23.3 Å². The highest BCUT2D eigenvalue weighted by atomic mass is 19.1. The van der Waals surface area contributed by atoms with E-state index in [1.807, 2.05) is 11.0 Å². The van der Waals surface area contributed by atoms with Crippen molar-refractivity contribution in [2.45, 2.75) is 25.8 Å². The zero-order chi connectivity index (χ0) is 20.8. The molecule has 1 atom stereocenters. The molecule has 5 rings (SSSR count). The minimum Gasteiger partial charge on any atom is -0.349 e. The van der Waals surface area contributed by atoms with Crippen LogP contribution >= 0.6 is 0 Å². The maximum atomic E-state index is 14.4. The van der Waals surface area contributed by atoms with Gasteiger partial charge in [-0.05, 0) is 49.2 Å². The molecule has 1 N–H and O–H groups in total. The molecule has 1 saturated heterocycles. The number of hydrogen-bond acceptors (Lipinski definition) is 5. The smallest absolute Gasteiger partial charge is 0.222 e. The monoisotopic (exact) mass is 408 g/mol. The summed E-state index contributed by atoms with van der Waals surface area (Å²) in [5, 5.41) is 7.79. The lowest BCUT2D eigenvalue weighted by atomic mass is 10.0. The topological polar surface area (TPSA) is 75.4 Å². The molecule has 4 heterocycles. The Labute approximate surface area is 170 Å². The number of nitrogens with one attached hydrogen (secondary N) is 1. The van der Waals surface area contributed by atoms with Crippen molar-refractivity contribution in [3.8, 4) is 0 Å². The van der Waals surface area contributed by atoms with Crippen LogP contribution in [0.4, 0.5) is 20.4 Å². The Balaban J connectivity index is 1.56. The SMILES string of the molecule is CC(=O)Nc1ccc2c(n1)nn1ccc(N3CCC[C@@H]3c3cc(F)ccc3F)nc21. The summed E-state index contributed by atoms with van der Waals surface area (Å²) in [6.07, 6.45) is 3.35. The number of carbonyl (C=O) groups is 1. The molecule has 0 radical (unpaired) electrons. The third kappa shape index (κ3) is 3.12. The molecule has 1 aliphatic heterocycles. The van der Waals surface area contributed by atoms with Crippen molar-refractivity contribution in [1.82, 2.24) is 19.6 Å². The van der Waals surface area contributed by atoms with Crippen LogP contribution in [0.1, 0.15) is 31.4 Å². The van der Waals surface area contributed by atoms with Gasteiger partial charge in [0.15, 0.2) is 11.3 Å². The molecular formula is C21H18F2N6O. The summed E-state index contributed by atoms with van der Waals surface area (Å²) in [6, 6.07) is 8.58. The molecule has 1 fully saturated rings. The van der Waals surface area contributed by atoms with Gasteiger partial charge in [-0.15, -0.1) is 5.10 Å². The van der Waals surface area contributed by atoms with E-state index in [9.17, 15) is 13.6 Å². The van der Waals surface area contributed by atoms with E-state index in [2.05, 4.69) is 15.4 Å². The van der Waals surface area contributed by atoms with Crippen LogP contribution in [0, 0.1) is 11.6 Å². The number of hydrogen-bond donors (Lipinski definition) is 1. The Kier molecular flexibility index (Phi) is 4.30. The number of amides is 1. The van der Waals surface area contributed by atoms with E-state index >= 15 is 0 Å². The number of fused-ring (bicyclic) bond motifs is 3. The first-order chi connectivity index (χ1) is 14.5. The summed E-state index contributed by atoms with van der Waals surface area (Å²) in [5.74, 6) is 0.000252. The second kappa shape index (κ2) is 7.01. The summed E-state index contributed by atoms with van der Waals surface area (Å²) in [6.45, 7) is 2.11. The van der Waals surface area contributed by atoms with Crippen LogP contribution in [0.2, 0.25) is 0 Å². The predicted octanol–water partition coefficient (Wildman–Crippen LogP) is 3.86. The predicted molar refractivity (Wildman–Crippen MR) is 108 cm³/mol. The second-order valence-electron chi connectivity index (χ2n) is 7.32. The molecule has 1 aliphatic rings. The Bertz CT molecular complexity index is 1290. The fourth-order valence-corrected chi connectivity index (χ4v) is 4.01. The Morgan fingerprint density at radius 2 is 2.03 bits per heavy atom. The largest absolute Gasteiger partial charge is 0.349 e. The van der Waals surface area contributed by atoms with E-state index in [-0.39, 0.29) is 11.9 Å². The van der Waals surface area contributed by atoms with E-state index in [0.717, 1.165) is 24.3 Å². The first-order valence-electron chi connectivity index (χ1n) is 9.65. The number of carbonyl (C=O) groups excluding carboxylic acids is 1. The van der Waals surface area contributed by atoms with E-state index < -0.39 is 11.6 Å². The third-order valence-corrected chi connectivity index (χ3v) is 5.29. The van der Waals surface area contributed by atoms with Crippen LogP contribution in [0.5, 0.6) is 0 Å². The highest BCUT2D eigenvalue weighted by molar-refractivity contribution is 5.93. The van der Waals surface area contributed by atoms with Crippen molar-refractivity contribution in [2.24, 2.45) is 0 Å². The molecule has 3 aromatic heterocycles. The van der Waals surface area contributed by atoms with Crippen LogP contribution in [-0.2, 0) is 4.79 Å². The average molecular weight is 408 g/mol. The molecule has 4 aromatic rings. The van der Waals surface area contributed by atoms with Gasteiger partial charge in [-0.3, -0.25) is 4.79 Å². The number of aromatic nitrogens is 4. The minimum absolute atomic E-state index is 0.212. The Morgan fingerprint density at radius 3 is 2.87 bits per heavy atom. The van der Waals surface area contributed by atoms with Crippen molar-refractivity contribution in [1.29, 1.82) is 0 Å². The first kappa shape index (κ1) is 18.4. The van der Waals surface area contributed by atoms with Gasteiger partial charge in [0.2, 0.25) is 5.91 Å². The second-order valence-corrected chi connectivity index (χ2v) is 7.32. The number of pyridine rings is 1. The van der Waals surface area contributed by atoms with Crippen LogP contribution in [0.25, 0.3) is 16.7 Å². The molecule has 7 nitrogen and oxygen atoms in total. The zero-order valence-electron chi connectivity index (χ0n) is 16.1. The van der Waals surface area contributed by atoms with Gasteiger partial charge >= 0.3 is 0 Å². The molecular weight excluding hydrogens is 390 g/mol. The number of anilines is 2. The fraction of sp³-hybridized carbons (Fsp3) is 0.238. The van der Waals surface area contributed by atoms with Gasteiger partial charge in [0, 0.05) is 25.2 Å². The number of halogens is 2. The molecule has 0 saturated carbocycles. The van der Waals surface area contributed by atoms with Gasteiger partial charge in [0.25, 0.3) is 0 Å². The molecule has 0 unspecified atom stereocenters. The van der Waals surface area contributed by atoms with E-state index in [0.29, 0.717) is 35.0 Å². The van der Waals surface area contributed by atoms with Crippen LogP contribution in [-0.4, -0.2) is 32.0 Å². The fourth-order valence-electron chi connectivity index (χ4n) is 4.01. The van der Waals surface area contributed by atoms with Gasteiger partial charge < -0.3 is 10.2 Å². The molecule has 0 spiro atoms. The van der Waals surface area contributed by atoms with Crippen molar-refractivity contribution in [2.75, 3.05) is 16.8 Å². The molecule has 0 bridgehead atoms. The van der Waals surface area contributed by atoms with E-state index in [4.69, 9.17) is 4.98 Å². The lowest BCUT2D eigenvalue weighted by Crippen LogP contribution is -2.24. The van der Waals surface area contributed by atoms with Crippen LogP contribution in [0.15, 0.2) is 42.6 Å². The molecule has 1 aromatic carbocycles. The lowest BCUT2D eigenvalue weighted by molar-refractivity contribution is -0.114.